The molecule has 2 aliphatic rings. The molecule has 1 amide bonds. The third-order valence-electron chi connectivity index (χ3n) is 5.15. The number of sulfonamides is 1. The lowest BCUT2D eigenvalue weighted by Crippen LogP contribution is -2.28. The fourth-order valence-corrected chi connectivity index (χ4v) is 5.32. The molecule has 0 radical (unpaired) electrons. The summed E-state index contributed by atoms with van der Waals surface area (Å²) in [7, 11) is -3.63. The Kier molecular flexibility index (Phi) is 6.73. The summed E-state index contributed by atoms with van der Waals surface area (Å²) in [5, 5.41) is 6.14. The van der Waals surface area contributed by atoms with Crippen molar-refractivity contribution in [1.29, 1.82) is 0 Å². The molecular formula is C19H29N3O4S. The molecule has 2 N–H and O–H groups in total. The zero-order valence-corrected chi connectivity index (χ0v) is 16.7. The van der Waals surface area contributed by atoms with E-state index in [0.717, 1.165) is 38.8 Å². The van der Waals surface area contributed by atoms with Crippen LogP contribution in [-0.4, -0.2) is 51.4 Å². The average molecular weight is 396 g/mol. The Morgan fingerprint density at radius 2 is 2.11 bits per heavy atom. The maximum absolute atomic E-state index is 13.0. The second kappa shape index (κ2) is 9.03. The number of benzene rings is 1. The van der Waals surface area contributed by atoms with E-state index in [4.69, 9.17) is 4.74 Å². The fraction of sp³-hybridized carbons (Fsp3) is 0.632. The van der Waals surface area contributed by atoms with Crippen LogP contribution in [0.2, 0.25) is 0 Å². The lowest BCUT2D eigenvalue weighted by atomic mass is 10.0. The van der Waals surface area contributed by atoms with E-state index >= 15 is 0 Å². The first-order valence-corrected chi connectivity index (χ1v) is 11.2. The van der Waals surface area contributed by atoms with Crippen molar-refractivity contribution in [1.82, 2.24) is 9.62 Å². The molecule has 2 fully saturated rings. The molecule has 0 bridgehead atoms. The van der Waals surface area contributed by atoms with Gasteiger partial charge in [0.25, 0.3) is 0 Å². The molecule has 1 aromatic rings. The predicted molar refractivity (Wildman–Crippen MR) is 104 cm³/mol. The Hall–Kier alpha value is -1.64. The van der Waals surface area contributed by atoms with Gasteiger partial charge in [0.15, 0.2) is 0 Å². The van der Waals surface area contributed by atoms with Gasteiger partial charge in [0.05, 0.1) is 6.61 Å². The summed E-state index contributed by atoms with van der Waals surface area (Å²) in [5.74, 6) is 0.789. The van der Waals surface area contributed by atoms with Gasteiger partial charge >= 0.3 is 0 Å². The largest absolute Gasteiger partial charge is 0.492 e. The van der Waals surface area contributed by atoms with E-state index in [1.165, 1.54) is 10.4 Å². The van der Waals surface area contributed by atoms with Crippen LogP contribution in [0, 0.1) is 5.92 Å². The maximum Gasteiger partial charge on any atom is 0.246 e. The van der Waals surface area contributed by atoms with Gasteiger partial charge in [-0.05, 0) is 69.8 Å². The van der Waals surface area contributed by atoms with Crippen molar-refractivity contribution in [3.05, 3.63) is 18.2 Å². The summed E-state index contributed by atoms with van der Waals surface area (Å²) in [4.78, 5) is 12.4. The van der Waals surface area contributed by atoms with Gasteiger partial charge in [0.1, 0.15) is 10.6 Å². The van der Waals surface area contributed by atoms with Crippen LogP contribution in [0.1, 0.15) is 39.0 Å². The van der Waals surface area contributed by atoms with Crippen molar-refractivity contribution in [2.45, 2.75) is 43.9 Å². The Morgan fingerprint density at radius 1 is 1.33 bits per heavy atom. The normalized spacial score (nSPS) is 20.7. The predicted octanol–water partition coefficient (Wildman–Crippen LogP) is 2.20. The highest BCUT2D eigenvalue weighted by molar-refractivity contribution is 7.89. The van der Waals surface area contributed by atoms with Crippen molar-refractivity contribution in [2.24, 2.45) is 5.92 Å². The van der Waals surface area contributed by atoms with Crippen molar-refractivity contribution in [3.63, 3.8) is 0 Å². The topological polar surface area (TPSA) is 87.7 Å². The first-order valence-electron chi connectivity index (χ1n) is 9.78. The number of hydrogen-bond donors (Lipinski definition) is 2. The summed E-state index contributed by atoms with van der Waals surface area (Å²) in [6, 6.07) is 4.85. The van der Waals surface area contributed by atoms with E-state index in [2.05, 4.69) is 10.6 Å². The highest BCUT2D eigenvalue weighted by Crippen LogP contribution is 2.31. The van der Waals surface area contributed by atoms with Gasteiger partial charge in [0.2, 0.25) is 15.9 Å². The standard InChI is InChI=1S/C19H29N3O4S/c1-2-26-17-7-6-16(21-19(23)8-5-15-9-10-20-14-15)13-18(17)27(24,25)22-11-3-4-12-22/h6-7,13,15,20H,2-5,8-12,14H2,1H3,(H,21,23). The summed E-state index contributed by atoms with van der Waals surface area (Å²) >= 11 is 0. The monoisotopic (exact) mass is 395 g/mol. The summed E-state index contributed by atoms with van der Waals surface area (Å²) in [6.45, 7) is 5.24. The van der Waals surface area contributed by atoms with Gasteiger partial charge in [-0.25, -0.2) is 8.42 Å². The number of carbonyl (C=O) groups is 1. The van der Waals surface area contributed by atoms with Crippen molar-refractivity contribution in [2.75, 3.05) is 38.1 Å². The number of amides is 1. The SMILES string of the molecule is CCOc1ccc(NC(=O)CCC2CCNC2)cc1S(=O)(=O)N1CCCC1. The van der Waals surface area contributed by atoms with Gasteiger partial charge in [-0.1, -0.05) is 0 Å². The Labute approximate surface area is 161 Å². The Balaban J connectivity index is 1.73. The number of carbonyl (C=O) groups excluding carboxylic acids is 1. The second-order valence-electron chi connectivity index (χ2n) is 7.15. The van der Waals surface area contributed by atoms with Crippen molar-refractivity contribution < 1.29 is 17.9 Å². The van der Waals surface area contributed by atoms with E-state index in [9.17, 15) is 13.2 Å². The van der Waals surface area contributed by atoms with Crippen LogP contribution in [0.15, 0.2) is 23.1 Å². The van der Waals surface area contributed by atoms with Crippen LogP contribution in [0.5, 0.6) is 5.75 Å². The van der Waals surface area contributed by atoms with E-state index in [-0.39, 0.29) is 10.8 Å². The number of ether oxygens (including phenoxy) is 1. The van der Waals surface area contributed by atoms with Crippen LogP contribution in [0.25, 0.3) is 0 Å². The zero-order chi connectivity index (χ0) is 19.3. The number of nitrogens with zero attached hydrogens (tertiary/aromatic N) is 1. The molecular weight excluding hydrogens is 366 g/mol. The maximum atomic E-state index is 13.0. The molecule has 2 saturated heterocycles. The third kappa shape index (κ3) is 5.00. The molecule has 8 heteroatoms. The molecule has 2 heterocycles. The minimum atomic E-state index is -3.63. The molecule has 0 saturated carbocycles. The quantitative estimate of drug-likeness (QED) is 0.705. The highest BCUT2D eigenvalue weighted by atomic mass is 32.2. The lowest BCUT2D eigenvalue weighted by Gasteiger charge is -2.19. The van der Waals surface area contributed by atoms with E-state index in [1.807, 2.05) is 6.92 Å². The van der Waals surface area contributed by atoms with Gasteiger partial charge < -0.3 is 15.4 Å². The molecule has 3 rings (SSSR count). The van der Waals surface area contributed by atoms with Crippen molar-refractivity contribution >= 4 is 21.6 Å². The number of anilines is 1. The first kappa shape index (κ1) is 20.1. The van der Waals surface area contributed by atoms with Crippen LogP contribution < -0.4 is 15.4 Å². The fourth-order valence-electron chi connectivity index (χ4n) is 3.65. The molecule has 7 nitrogen and oxygen atoms in total. The van der Waals surface area contributed by atoms with Crippen LogP contribution in [0.4, 0.5) is 5.69 Å². The molecule has 0 aliphatic carbocycles. The molecule has 0 aromatic heterocycles. The van der Waals surface area contributed by atoms with Crippen LogP contribution >= 0.6 is 0 Å². The molecule has 1 atom stereocenters. The van der Waals surface area contributed by atoms with E-state index in [1.54, 1.807) is 12.1 Å². The van der Waals surface area contributed by atoms with Gasteiger partial charge in [-0.15, -0.1) is 0 Å². The zero-order valence-electron chi connectivity index (χ0n) is 15.9. The summed E-state index contributed by atoms with van der Waals surface area (Å²) in [6.07, 6.45) is 4.13. The highest BCUT2D eigenvalue weighted by Gasteiger charge is 2.30. The second-order valence-corrected chi connectivity index (χ2v) is 9.06. The molecule has 27 heavy (non-hydrogen) atoms. The summed E-state index contributed by atoms with van der Waals surface area (Å²) in [5.41, 5.74) is 0.491. The van der Waals surface area contributed by atoms with Gasteiger partial charge in [0, 0.05) is 25.2 Å². The summed E-state index contributed by atoms with van der Waals surface area (Å²) < 4.78 is 33.0. The number of hydrogen-bond acceptors (Lipinski definition) is 5. The van der Waals surface area contributed by atoms with E-state index < -0.39 is 10.0 Å². The minimum absolute atomic E-state index is 0.0874. The third-order valence-corrected chi connectivity index (χ3v) is 7.07. The average Bonchev–Trinajstić information content (AvgIpc) is 3.35. The lowest BCUT2D eigenvalue weighted by molar-refractivity contribution is -0.116. The van der Waals surface area contributed by atoms with Gasteiger partial charge in [-0.3, -0.25) is 4.79 Å². The number of rotatable bonds is 8. The molecule has 1 aromatic carbocycles. The van der Waals surface area contributed by atoms with Gasteiger partial charge in [-0.2, -0.15) is 4.31 Å². The molecule has 1 unspecified atom stereocenters. The minimum Gasteiger partial charge on any atom is -0.492 e. The smallest absolute Gasteiger partial charge is 0.246 e. The Morgan fingerprint density at radius 3 is 2.78 bits per heavy atom. The van der Waals surface area contributed by atoms with Crippen LogP contribution in [-0.2, 0) is 14.8 Å². The molecule has 150 valence electrons. The first-order chi connectivity index (χ1) is 13.0. The van der Waals surface area contributed by atoms with Crippen molar-refractivity contribution in [3.8, 4) is 5.75 Å². The van der Waals surface area contributed by atoms with Crippen LogP contribution in [0.3, 0.4) is 0 Å². The number of nitrogens with one attached hydrogen (secondary N) is 2. The molecule has 0 spiro atoms. The molecule has 2 aliphatic heterocycles. The Bertz CT molecular complexity index is 754. The van der Waals surface area contributed by atoms with E-state index in [0.29, 0.717) is 43.5 Å².